The fraction of sp³-hybridized carbons (Fsp3) is 0.750. The van der Waals surface area contributed by atoms with Gasteiger partial charge in [-0.25, -0.2) is 0 Å². The summed E-state index contributed by atoms with van der Waals surface area (Å²) in [6, 6.07) is 0. The minimum absolute atomic E-state index is 0.0273. The van der Waals surface area contributed by atoms with E-state index in [0.29, 0.717) is 0 Å². The van der Waals surface area contributed by atoms with Crippen molar-refractivity contribution in [3.05, 3.63) is 0 Å². The van der Waals surface area contributed by atoms with Crippen molar-refractivity contribution in [3.8, 4) is 11.8 Å². The van der Waals surface area contributed by atoms with Crippen LogP contribution < -0.4 is 0 Å². The van der Waals surface area contributed by atoms with Gasteiger partial charge in [0.15, 0.2) is 0 Å². The van der Waals surface area contributed by atoms with Gasteiger partial charge in [-0.05, 0) is 13.8 Å². The smallest absolute Gasteiger partial charge is 0.268 e. The van der Waals surface area contributed by atoms with Crippen molar-refractivity contribution in [2.24, 2.45) is 5.92 Å². The number of hydrogen-bond acceptors (Lipinski definition) is 5. The molecule has 1 N–H and O–H groups in total. The maximum atomic E-state index is 11.2. The van der Waals surface area contributed by atoms with Gasteiger partial charge in [-0.3, -0.25) is 8.74 Å². The molecule has 6 nitrogen and oxygen atoms in total. The Labute approximate surface area is 95.9 Å². The van der Waals surface area contributed by atoms with Crippen LogP contribution in [-0.4, -0.2) is 39.5 Å². The standard InChI is InChI=1S/C8H14O6S2/c1-3-5-8(6-15(9,10)11)7-16(12,13)14-4-2/h8H,4,6-7H2,1-2H3,(H,9,10,11). The van der Waals surface area contributed by atoms with Crippen molar-refractivity contribution in [1.82, 2.24) is 0 Å². The van der Waals surface area contributed by atoms with Gasteiger partial charge in [-0.1, -0.05) is 5.92 Å². The van der Waals surface area contributed by atoms with Crippen LogP contribution >= 0.6 is 0 Å². The number of hydrogen-bond donors (Lipinski definition) is 1. The van der Waals surface area contributed by atoms with E-state index in [2.05, 4.69) is 16.0 Å². The normalized spacial score (nSPS) is 13.9. The first-order valence-electron chi connectivity index (χ1n) is 4.44. The molecule has 1 unspecified atom stereocenters. The SMILES string of the molecule is CC#CC(CS(=O)(=O)O)CS(=O)(=O)OCC. The lowest BCUT2D eigenvalue weighted by Crippen LogP contribution is -2.24. The molecule has 0 aliphatic heterocycles. The van der Waals surface area contributed by atoms with Gasteiger partial charge in [0.1, 0.15) is 0 Å². The molecule has 0 rings (SSSR count). The number of rotatable bonds is 6. The fourth-order valence-corrected chi connectivity index (χ4v) is 3.07. The summed E-state index contributed by atoms with van der Waals surface area (Å²) in [7, 11) is -8.06. The van der Waals surface area contributed by atoms with Crippen LogP contribution in [0.5, 0.6) is 0 Å². The van der Waals surface area contributed by atoms with Crippen LogP contribution in [-0.2, 0) is 24.4 Å². The minimum Gasteiger partial charge on any atom is -0.286 e. The van der Waals surface area contributed by atoms with Crippen LogP contribution in [0.4, 0.5) is 0 Å². The topological polar surface area (TPSA) is 97.7 Å². The second kappa shape index (κ2) is 6.20. The molecular weight excluding hydrogens is 256 g/mol. The minimum atomic E-state index is -4.26. The molecule has 0 aromatic heterocycles. The van der Waals surface area contributed by atoms with Gasteiger partial charge in [0, 0.05) is 0 Å². The van der Waals surface area contributed by atoms with Crippen molar-refractivity contribution in [2.75, 3.05) is 18.1 Å². The van der Waals surface area contributed by atoms with Gasteiger partial charge in [-0.2, -0.15) is 16.8 Å². The quantitative estimate of drug-likeness (QED) is 0.410. The highest BCUT2D eigenvalue weighted by Crippen LogP contribution is 2.06. The molecule has 0 fully saturated rings. The molecule has 0 aromatic carbocycles. The third kappa shape index (κ3) is 7.64. The average Bonchev–Trinajstić information content (AvgIpc) is 1.99. The van der Waals surface area contributed by atoms with Crippen LogP contribution in [0.25, 0.3) is 0 Å². The molecular formula is C8H14O6S2. The Morgan fingerprint density at radius 2 is 1.81 bits per heavy atom. The third-order valence-electron chi connectivity index (χ3n) is 1.46. The Kier molecular flexibility index (Phi) is 5.96. The Morgan fingerprint density at radius 1 is 1.25 bits per heavy atom. The highest BCUT2D eigenvalue weighted by atomic mass is 32.2. The van der Waals surface area contributed by atoms with Crippen molar-refractivity contribution >= 4 is 20.2 Å². The summed E-state index contributed by atoms with van der Waals surface area (Å²) in [5.41, 5.74) is 0. The van der Waals surface area contributed by atoms with E-state index < -0.39 is 37.7 Å². The Bertz CT molecular complexity index is 464. The molecule has 0 saturated heterocycles. The van der Waals surface area contributed by atoms with E-state index in [1.807, 2.05) is 0 Å². The van der Waals surface area contributed by atoms with Gasteiger partial charge < -0.3 is 0 Å². The monoisotopic (exact) mass is 270 g/mol. The fourth-order valence-electron chi connectivity index (χ4n) is 1.06. The lowest BCUT2D eigenvalue weighted by atomic mass is 10.2. The largest absolute Gasteiger partial charge is 0.286 e. The van der Waals surface area contributed by atoms with E-state index in [0.717, 1.165) is 0 Å². The van der Waals surface area contributed by atoms with Crippen LogP contribution in [0.15, 0.2) is 0 Å². The summed E-state index contributed by atoms with van der Waals surface area (Å²) in [5.74, 6) is 2.55. The molecule has 0 bridgehead atoms. The second-order valence-electron chi connectivity index (χ2n) is 2.97. The van der Waals surface area contributed by atoms with E-state index in [4.69, 9.17) is 4.55 Å². The van der Waals surface area contributed by atoms with Crippen molar-refractivity contribution in [2.45, 2.75) is 13.8 Å². The molecule has 94 valence electrons. The van der Waals surface area contributed by atoms with Gasteiger partial charge in [0.25, 0.3) is 20.2 Å². The summed E-state index contributed by atoms with van der Waals surface area (Å²) >= 11 is 0. The van der Waals surface area contributed by atoms with E-state index in [-0.39, 0.29) is 6.61 Å². The average molecular weight is 270 g/mol. The van der Waals surface area contributed by atoms with E-state index >= 15 is 0 Å². The third-order valence-corrected chi connectivity index (χ3v) is 3.69. The predicted molar refractivity (Wildman–Crippen MR) is 58.8 cm³/mol. The van der Waals surface area contributed by atoms with Crippen molar-refractivity contribution < 1.29 is 25.6 Å². The van der Waals surface area contributed by atoms with E-state index in [9.17, 15) is 16.8 Å². The summed E-state index contributed by atoms with van der Waals surface area (Å²) in [5, 5.41) is 0. The van der Waals surface area contributed by atoms with Gasteiger partial charge in [0.05, 0.1) is 24.0 Å². The second-order valence-corrected chi connectivity index (χ2v) is 6.15. The Hall–Kier alpha value is -0.620. The zero-order chi connectivity index (χ0) is 12.8. The zero-order valence-electron chi connectivity index (χ0n) is 9.00. The maximum Gasteiger partial charge on any atom is 0.268 e. The lowest BCUT2D eigenvalue weighted by Gasteiger charge is -2.08. The van der Waals surface area contributed by atoms with Gasteiger partial charge >= 0.3 is 0 Å². The van der Waals surface area contributed by atoms with Gasteiger partial charge in [0.2, 0.25) is 0 Å². The summed E-state index contributed by atoms with van der Waals surface area (Å²) in [6.07, 6.45) is 0. The molecule has 16 heavy (non-hydrogen) atoms. The molecule has 1 atom stereocenters. The van der Waals surface area contributed by atoms with Crippen LogP contribution in [0, 0.1) is 17.8 Å². The molecule has 0 spiro atoms. The summed E-state index contributed by atoms with van der Waals surface area (Å²) in [4.78, 5) is 0. The maximum absolute atomic E-state index is 11.2. The molecule has 0 heterocycles. The van der Waals surface area contributed by atoms with Crippen LogP contribution in [0.2, 0.25) is 0 Å². The predicted octanol–water partition coefficient (Wildman–Crippen LogP) is -0.120. The Morgan fingerprint density at radius 3 is 2.19 bits per heavy atom. The molecule has 0 aliphatic rings. The molecule has 0 amide bonds. The highest BCUT2D eigenvalue weighted by Gasteiger charge is 2.22. The lowest BCUT2D eigenvalue weighted by molar-refractivity contribution is 0.336. The molecule has 0 aromatic rings. The van der Waals surface area contributed by atoms with Crippen LogP contribution in [0.1, 0.15) is 13.8 Å². The van der Waals surface area contributed by atoms with E-state index in [1.54, 1.807) is 0 Å². The van der Waals surface area contributed by atoms with E-state index in [1.165, 1.54) is 13.8 Å². The van der Waals surface area contributed by atoms with Crippen LogP contribution in [0.3, 0.4) is 0 Å². The zero-order valence-corrected chi connectivity index (χ0v) is 10.6. The van der Waals surface area contributed by atoms with Crippen molar-refractivity contribution in [3.63, 3.8) is 0 Å². The van der Waals surface area contributed by atoms with Crippen molar-refractivity contribution in [1.29, 1.82) is 0 Å². The Balaban J connectivity index is 4.76. The first kappa shape index (κ1) is 15.4. The molecule has 0 saturated carbocycles. The highest BCUT2D eigenvalue weighted by molar-refractivity contribution is 7.87. The summed E-state index contributed by atoms with van der Waals surface area (Å²) in [6.45, 7) is 2.92. The summed E-state index contributed by atoms with van der Waals surface area (Å²) < 4.78 is 56.8. The van der Waals surface area contributed by atoms with Gasteiger partial charge in [-0.15, -0.1) is 5.92 Å². The first-order valence-corrected chi connectivity index (χ1v) is 7.63. The molecule has 0 aliphatic carbocycles. The first-order chi connectivity index (χ1) is 7.20. The molecule has 0 radical (unpaired) electrons. The molecule has 8 heteroatoms.